The lowest BCUT2D eigenvalue weighted by Gasteiger charge is -2.17. The van der Waals surface area contributed by atoms with Crippen LogP contribution in [0.25, 0.3) is 11.1 Å². The maximum Gasteiger partial charge on any atom is 0.227 e. The Labute approximate surface area is 206 Å². The van der Waals surface area contributed by atoms with Crippen molar-refractivity contribution in [1.82, 2.24) is 0 Å². The molecule has 0 saturated carbocycles. The molecule has 2 amide bonds. The Kier molecular flexibility index (Phi) is 11.3. The van der Waals surface area contributed by atoms with E-state index in [1.165, 1.54) is 0 Å². The number of hydrogen-bond acceptors (Lipinski definition) is 2. The number of amides is 2. The Bertz CT molecular complexity index is 873. The monoisotopic (exact) mass is 464 g/mol. The van der Waals surface area contributed by atoms with Gasteiger partial charge in [0.1, 0.15) is 0 Å². The Morgan fingerprint density at radius 1 is 0.676 bits per heavy atom. The van der Waals surface area contributed by atoms with Crippen molar-refractivity contribution in [1.29, 1.82) is 0 Å². The predicted octanol–water partition coefficient (Wildman–Crippen LogP) is 8.28. The second-order valence-electron chi connectivity index (χ2n) is 9.53. The zero-order chi connectivity index (χ0) is 25.1. The summed E-state index contributed by atoms with van der Waals surface area (Å²) in [4.78, 5) is 25.4. The fourth-order valence-electron chi connectivity index (χ4n) is 4.38. The van der Waals surface area contributed by atoms with Gasteiger partial charge in [0.2, 0.25) is 11.8 Å². The molecule has 2 aromatic rings. The predicted molar refractivity (Wildman–Crippen MR) is 145 cm³/mol. The number of carbonyl (C=O) groups is 2. The van der Waals surface area contributed by atoms with Crippen LogP contribution in [0.1, 0.15) is 90.2 Å². The van der Waals surface area contributed by atoms with E-state index in [1.807, 2.05) is 26.0 Å². The Morgan fingerprint density at radius 2 is 1.06 bits per heavy atom. The van der Waals surface area contributed by atoms with Crippen LogP contribution in [0.5, 0.6) is 0 Å². The van der Waals surface area contributed by atoms with Gasteiger partial charge in [0.15, 0.2) is 0 Å². The molecule has 4 heteroatoms. The van der Waals surface area contributed by atoms with Gasteiger partial charge in [-0.15, -0.1) is 0 Å². The number of rotatable bonds is 13. The van der Waals surface area contributed by atoms with E-state index in [0.717, 1.165) is 85.0 Å². The highest BCUT2D eigenvalue weighted by Gasteiger charge is 2.18. The molecule has 0 unspecified atom stereocenters. The highest BCUT2D eigenvalue weighted by Crippen LogP contribution is 2.29. The number of aryl methyl sites for hydroxylation is 2. The topological polar surface area (TPSA) is 58.2 Å². The summed E-state index contributed by atoms with van der Waals surface area (Å²) in [5.74, 6) is 0.372. The maximum atomic E-state index is 12.7. The molecule has 2 aromatic carbocycles. The zero-order valence-electron chi connectivity index (χ0n) is 22.1. The summed E-state index contributed by atoms with van der Waals surface area (Å²) in [5.41, 5.74) is 6.05. The van der Waals surface area contributed by atoms with Gasteiger partial charge in [-0.2, -0.15) is 0 Å². The van der Waals surface area contributed by atoms with Gasteiger partial charge in [0.25, 0.3) is 0 Å². The first-order valence-electron chi connectivity index (χ1n) is 13.2. The number of unbranched alkanes of at least 4 members (excludes halogenated alkanes) is 2. The molecule has 0 fully saturated rings. The van der Waals surface area contributed by atoms with Gasteiger partial charge in [-0.05, 0) is 86.1 Å². The van der Waals surface area contributed by atoms with Crippen molar-refractivity contribution >= 4 is 23.2 Å². The van der Waals surface area contributed by atoms with Crippen molar-refractivity contribution in [3.63, 3.8) is 0 Å². The van der Waals surface area contributed by atoms with Crippen molar-refractivity contribution < 1.29 is 9.59 Å². The van der Waals surface area contributed by atoms with E-state index in [1.54, 1.807) is 0 Å². The number of carbonyl (C=O) groups excluding carboxylic acids is 2. The standard InChI is InChI=1S/C30H44N2O2/c1-7-11-13-23(9-3)29(33)31-27-17-15-25(19-21(27)5)26-16-18-28(22(6)20-26)32-30(34)24(10-4)14-12-8-2/h15-20,23-24H,7-14H2,1-6H3,(H,31,33)(H,32,34)/t23-,24+. The molecule has 0 aliphatic carbocycles. The van der Waals surface area contributed by atoms with Crippen LogP contribution in [0.15, 0.2) is 36.4 Å². The molecule has 4 nitrogen and oxygen atoms in total. The summed E-state index contributed by atoms with van der Waals surface area (Å²) >= 11 is 0. The summed E-state index contributed by atoms with van der Waals surface area (Å²) < 4.78 is 0. The molecular weight excluding hydrogens is 420 g/mol. The first kappa shape index (κ1) is 27.6. The van der Waals surface area contributed by atoms with Crippen LogP contribution in [0.2, 0.25) is 0 Å². The second-order valence-corrected chi connectivity index (χ2v) is 9.53. The maximum absolute atomic E-state index is 12.7. The molecule has 2 rings (SSSR count). The van der Waals surface area contributed by atoms with Crippen molar-refractivity contribution in [2.24, 2.45) is 11.8 Å². The fraction of sp³-hybridized carbons (Fsp3) is 0.533. The third-order valence-corrected chi connectivity index (χ3v) is 6.84. The molecule has 0 aromatic heterocycles. The van der Waals surface area contributed by atoms with E-state index in [-0.39, 0.29) is 23.7 Å². The third-order valence-electron chi connectivity index (χ3n) is 6.84. The lowest BCUT2D eigenvalue weighted by molar-refractivity contribution is -0.121. The van der Waals surface area contributed by atoms with E-state index in [2.05, 4.69) is 62.6 Å². The lowest BCUT2D eigenvalue weighted by atomic mass is 9.97. The molecule has 0 aliphatic heterocycles. The zero-order valence-corrected chi connectivity index (χ0v) is 22.1. The highest BCUT2D eigenvalue weighted by molar-refractivity contribution is 5.94. The summed E-state index contributed by atoms with van der Waals surface area (Å²) in [6, 6.07) is 12.3. The van der Waals surface area contributed by atoms with Gasteiger partial charge in [0.05, 0.1) is 0 Å². The molecule has 0 aliphatic rings. The van der Waals surface area contributed by atoms with Crippen LogP contribution in [0, 0.1) is 25.7 Å². The summed E-state index contributed by atoms with van der Waals surface area (Å²) in [6.45, 7) is 12.6. The fourth-order valence-corrected chi connectivity index (χ4v) is 4.38. The average molecular weight is 465 g/mol. The minimum absolute atomic E-state index is 0.0682. The molecule has 0 spiro atoms. The smallest absolute Gasteiger partial charge is 0.227 e. The molecule has 2 N–H and O–H groups in total. The molecular formula is C30H44N2O2. The first-order valence-corrected chi connectivity index (χ1v) is 13.2. The van der Waals surface area contributed by atoms with E-state index in [4.69, 9.17) is 0 Å². The first-order chi connectivity index (χ1) is 16.3. The van der Waals surface area contributed by atoms with Gasteiger partial charge in [-0.25, -0.2) is 0 Å². The average Bonchev–Trinajstić information content (AvgIpc) is 2.82. The molecule has 0 radical (unpaired) electrons. The largest absolute Gasteiger partial charge is 0.326 e. The van der Waals surface area contributed by atoms with Gasteiger partial charge >= 0.3 is 0 Å². The van der Waals surface area contributed by atoms with Crippen LogP contribution in [0.4, 0.5) is 11.4 Å². The van der Waals surface area contributed by atoms with E-state index < -0.39 is 0 Å². The van der Waals surface area contributed by atoms with Crippen LogP contribution in [0.3, 0.4) is 0 Å². The minimum atomic E-state index is 0.0682. The Morgan fingerprint density at radius 3 is 1.35 bits per heavy atom. The van der Waals surface area contributed by atoms with Crippen LogP contribution in [-0.4, -0.2) is 11.8 Å². The molecule has 2 atom stereocenters. The second kappa shape index (κ2) is 13.9. The normalized spacial score (nSPS) is 12.8. The number of nitrogens with one attached hydrogen (secondary N) is 2. The molecule has 0 heterocycles. The van der Waals surface area contributed by atoms with Crippen LogP contribution in [-0.2, 0) is 9.59 Å². The van der Waals surface area contributed by atoms with Crippen molar-refractivity contribution in [3.05, 3.63) is 47.5 Å². The van der Waals surface area contributed by atoms with E-state index >= 15 is 0 Å². The van der Waals surface area contributed by atoms with Crippen LogP contribution >= 0.6 is 0 Å². The number of anilines is 2. The quantitative estimate of drug-likeness (QED) is 0.313. The molecule has 186 valence electrons. The SMILES string of the molecule is CCCC[C@@H](CC)C(=O)Nc1ccc(-c2ccc(NC(=O)[C@@H](CC)CCCC)c(C)c2)cc1C. The Balaban J connectivity index is 2.12. The van der Waals surface area contributed by atoms with Crippen LogP contribution < -0.4 is 10.6 Å². The number of hydrogen-bond donors (Lipinski definition) is 2. The Hall–Kier alpha value is -2.62. The van der Waals surface area contributed by atoms with Crippen molar-refractivity contribution in [3.8, 4) is 11.1 Å². The molecule has 34 heavy (non-hydrogen) atoms. The van der Waals surface area contributed by atoms with E-state index in [9.17, 15) is 9.59 Å². The van der Waals surface area contributed by atoms with E-state index in [0.29, 0.717) is 0 Å². The third kappa shape index (κ3) is 7.72. The highest BCUT2D eigenvalue weighted by atomic mass is 16.2. The summed E-state index contributed by atoms with van der Waals surface area (Å²) in [7, 11) is 0. The van der Waals surface area contributed by atoms with Crippen molar-refractivity contribution in [2.75, 3.05) is 10.6 Å². The summed E-state index contributed by atoms with van der Waals surface area (Å²) in [6.07, 6.45) is 7.99. The van der Waals surface area contributed by atoms with Gasteiger partial charge < -0.3 is 10.6 Å². The van der Waals surface area contributed by atoms with Crippen molar-refractivity contribution in [2.45, 2.75) is 92.9 Å². The van der Waals surface area contributed by atoms with Gasteiger partial charge in [0, 0.05) is 23.2 Å². The minimum Gasteiger partial charge on any atom is -0.326 e. The molecule has 0 bridgehead atoms. The summed E-state index contributed by atoms with van der Waals surface area (Å²) in [5, 5.41) is 6.27. The van der Waals surface area contributed by atoms with Gasteiger partial charge in [-0.1, -0.05) is 65.5 Å². The number of benzene rings is 2. The van der Waals surface area contributed by atoms with Gasteiger partial charge in [-0.3, -0.25) is 9.59 Å². The molecule has 0 saturated heterocycles. The lowest BCUT2D eigenvalue weighted by Crippen LogP contribution is -2.22.